The van der Waals surface area contributed by atoms with Gasteiger partial charge in [0, 0.05) is 54.0 Å². The van der Waals surface area contributed by atoms with E-state index >= 15 is 4.39 Å². The maximum absolute atomic E-state index is 15.4. The third kappa shape index (κ3) is 6.38. The summed E-state index contributed by atoms with van der Waals surface area (Å²) in [6.07, 6.45) is 8.91. The third-order valence-electron chi connectivity index (χ3n) is 9.85. The van der Waals surface area contributed by atoms with Gasteiger partial charge in [-0.15, -0.1) is 0 Å². The Labute approximate surface area is 277 Å². The monoisotopic (exact) mass is 656 g/mol. The van der Waals surface area contributed by atoms with Crippen LogP contribution in [-0.4, -0.2) is 54.0 Å². The fourth-order valence-corrected chi connectivity index (χ4v) is 6.77. The summed E-state index contributed by atoms with van der Waals surface area (Å²) in [6.45, 7) is 2.33. The summed E-state index contributed by atoms with van der Waals surface area (Å²) in [6, 6.07) is 15.2. The molecule has 0 bridgehead atoms. The topological polar surface area (TPSA) is 102 Å². The second-order valence-electron chi connectivity index (χ2n) is 12.9. The van der Waals surface area contributed by atoms with Crippen LogP contribution in [0.4, 0.5) is 20.2 Å². The van der Waals surface area contributed by atoms with Gasteiger partial charge in [0.1, 0.15) is 23.1 Å². The van der Waals surface area contributed by atoms with Crippen molar-refractivity contribution < 1.29 is 32.6 Å². The molecule has 48 heavy (non-hydrogen) atoms. The lowest BCUT2D eigenvalue weighted by Gasteiger charge is -2.44. The molecule has 2 N–H and O–H groups in total. The van der Waals surface area contributed by atoms with Crippen LogP contribution in [0.3, 0.4) is 0 Å². The van der Waals surface area contributed by atoms with Gasteiger partial charge in [-0.3, -0.25) is 14.6 Å². The molecule has 3 fully saturated rings. The minimum Gasteiger partial charge on any atom is -0.493 e. The number of carbonyl (C=O) groups excluding carboxylic acids is 2. The van der Waals surface area contributed by atoms with Crippen LogP contribution < -0.4 is 24.8 Å². The van der Waals surface area contributed by atoms with Crippen molar-refractivity contribution >= 4 is 34.1 Å². The Morgan fingerprint density at radius 1 is 0.812 bits per heavy atom. The number of rotatable bonds is 10. The van der Waals surface area contributed by atoms with Crippen molar-refractivity contribution in [3.8, 4) is 23.0 Å². The molecule has 1 saturated heterocycles. The Hall–Kier alpha value is -4.77. The van der Waals surface area contributed by atoms with Gasteiger partial charge in [-0.25, -0.2) is 8.78 Å². The molecule has 1 aliphatic heterocycles. The molecule has 2 aliphatic carbocycles. The highest BCUT2D eigenvalue weighted by atomic mass is 19.1. The Morgan fingerprint density at radius 3 is 2.19 bits per heavy atom. The summed E-state index contributed by atoms with van der Waals surface area (Å²) in [5.41, 5.74) is -0.111. The normalized spacial score (nSPS) is 20.2. The fraction of sp³-hybridized carbons (Fsp3) is 0.378. The molecule has 250 valence electrons. The van der Waals surface area contributed by atoms with Crippen LogP contribution in [0.2, 0.25) is 0 Å². The van der Waals surface area contributed by atoms with E-state index in [1.54, 1.807) is 25.4 Å². The van der Waals surface area contributed by atoms with Gasteiger partial charge in [0.2, 0.25) is 11.8 Å². The van der Waals surface area contributed by atoms with Gasteiger partial charge in [0.15, 0.2) is 23.1 Å². The number of methoxy groups -OCH3 is 1. The number of ether oxygens (including phenoxy) is 3. The van der Waals surface area contributed by atoms with Crippen LogP contribution in [0.1, 0.15) is 51.4 Å². The number of nitrogens with one attached hydrogen (secondary N) is 2. The van der Waals surface area contributed by atoms with Crippen molar-refractivity contribution in [1.29, 1.82) is 0 Å². The van der Waals surface area contributed by atoms with E-state index in [0.717, 1.165) is 18.9 Å². The molecule has 7 rings (SSSR count). The van der Waals surface area contributed by atoms with E-state index in [1.165, 1.54) is 68.8 Å². The molecule has 2 amide bonds. The van der Waals surface area contributed by atoms with E-state index in [1.807, 2.05) is 6.07 Å². The highest BCUT2D eigenvalue weighted by Gasteiger charge is 2.51. The second kappa shape index (κ2) is 13.4. The molecular formula is C37H38F2N4O5. The van der Waals surface area contributed by atoms with E-state index in [0.29, 0.717) is 59.1 Å². The number of piperidine rings is 1. The van der Waals surface area contributed by atoms with Crippen molar-refractivity contribution in [2.45, 2.75) is 63.5 Å². The number of aromatic nitrogens is 1. The van der Waals surface area contributed by atoms with Crippen LogP contribution in [0.25, 0.3) is 10.9 Å². The zero-order valence-electron chi connectivity index (χ0n) is 26.8. The molecule has 0 atom stereocenters. The fourth-order valence-electron chi connectivity index (χ4n) is 6.77. The van der Waals surface area contributed by atoms with Crippen LogP contribution in [0, 0.1) is 17.0 Å². The maximum atomic E-state index is 15.4. The molecule has 1 aromatic heterocycles. The molecule has 3 aliphatic rings. The van der Waals surface area contributed by atoms with Gasteiger partial charge in [0.05, 0.1) is 12.6 Å². The first kappa shape index (κ1) is 31.8. The number of benzene rings is 3. The van der Waals surface area contributed by atoms with Crippen molar-refractivity contribution in [2.24, 2.45) is 5.41 Å². The van der Waals surface area contributed by atoms with Crippen LogP contribution >= 0.6 is 0 Å². The quantitative estimate of drug-likeness (QED) is 0.171. The lowest BCUT2D eigenvalue weighted by atomic mass is 9.67. The number of anilines is 2. The predicted molar refractivity (Wildman–Crippen MR) is 178 cm³/mol. The first-order chi connectivity index (χ1) is 23.3. The number of likely N-dealkylation sites (tertiary alicyclic amines) is 1. The number of hydrogen-bond acceptors (Lipinski definition) is 7. The highest BCUT2D eigenvalue weighted by Crippen LogP contribution is 2.44. The van der Waals surface area contributed by atoms with E-state index < -0.39 is 28.9 Å². The van der Waals surface area contributed by atoms with Gasteiger partial charge >= 0.3 is 0 Å². The first-order valence-corrected chi connectivity index (χ1v) is 16.5. The molecule has 9 nitrogen and oxygen atoms in total. The van der Waals surface area contributed by atoms with Gasteiger partial charge in [-0.1, -0.05) is 12.8 Å². The SMILES string of the molecule is COc1cc2c(Oc3ccc(NC(=O)C4(C(=O)Nc5ccc(F)cc5)CCC4)cc3F)ccnc2cc1OC1CC(N2CCCCC2)C1. The number of pyridine rings is 1. The number of halogens is 2. The molecule has 2 saturated carbocycles. The standard InChI is InChI=1S/C37H38F2N4O5/c1-46-33-21-28-30(22-34(33)47-27-19-26(20-27)43-16-3-2-4-17-43)40-15-12-31(28)48-32-11-10-25(18-29(32)39)42-36(45)37(13-5-14-37)35(44)41-24-8-6-23(38)7-9-24/h6-12,15,18,21-22,26-27H,2-5,13-14,16-17,19-20H2,1H3,(H,41,44)(H,42,45). The van der Waals surface area contributed by atoms with Crippen LogP contribution in [0.15, 0.2) is 66.9 Å². The van der Waals surface area contributed by atoms with Crippen molar-refractivity contribution in [3.63, 3.8) is 0 Å². The summed E-state index contributed by atoms with van der Waals surface area (Å²) in [7, 11) is 1.58. The molecule has 11 heteroatoms. The van der Waals surface area contributed by atoms with Crippen molar-refractivity contribution in [2.75, 3.05) is 30.8 Å². The summed E-state index contributed by atoms with van der Waals surface area (Å²) >= 11 is 0. The minimum absolute atomic E-state index is 0.0505. The third-order valence-corrected chi connectivity index (χ3v) is 9.85. The number of fused-ring (bicyclic) bond motifs is 1. The zero-order valence-corrected chi connectivity index (χ0v) is 26.8. The largest absolute Gasteiger partial charge is 0.493 e. The summed E-state index contributed by atoms with van der Waals surface area (Å²) < 4.78 is 46.7. The Bertz CT molecular complexity index is 1820. The van der Waals surface area contributed by atoms with E-state index in [2.05, 4.69) is 20.5 Å². The Kier molecular flexibility index (Phi) is 8.87. The number of carbonyl (C=O) groups is 2. The van der Waals surface area contributed by atoms with Crippen LogP contribution in [-0.2, 0) is 9.59 Å². The summed E-state index contributed by atoms with van der Waals surface area (Å²) in [5, 5.41) is 6.01. The summed E-state index contributed by atoms with van der Waals surface area (Å²) in [5.74, 6) is -0.675. The molecule has 3 aromatic carbocycles. The lowest BCUT2D eigenvalue weighted by Crippen LogP contribution is -2.50. The summed E-state index contributed by atoms with van der Waals surface area (Å²) in [4.78, 5) is 33.4. The smallest absolute Gasteiger partial charge is 0.240 e. The lowest BCUT2D eigenvalue weighted by molar-refractivity contribution is -0.142. The highest BCUT2D eigenvalue weighted by molar-refractivity contribution is 6.15. The van der Waals surface area contributed by atoms with E-state index in [9.17, 15) is 14.0 Å². The van der Waals surface area contributed by atoms with E-state index in [4.69, 9.17) is 14.2 Å². The van der Waals surface area contributed by atoms with Gasteiger partial charge in [-0.05, 0) is 87.3 Å². The average Bonchev–Trinajstić information content (AvgIpc) is 3.04. The Balaban J connectivity index is 1.02. The van der Waals surface area contributed by atoms with Gasteiger partial charge in [-0.2, -0.15) is 0 Å². The molecule has 0 spiro atoms. The molecule has 0 unspecified atom stereocenters. The number of nitrogens with zero attached hydrogens (tertiary/aromatic N) is 2. The van der Waals surface area contributed by atoms with Crippen LogP contribution in [0.5, 0.6) is 23.0 Å². The molecule has 2 heterocycles. The van der Waals surface area contributed by atoms with Crippen molar-refractivity contribution in [3.05, 3.63) is 78.5 Å². The number of hydrogen-bond donors (Lipinski definition) is 2. The predicted octanol–water partition coefficient (Wildman–Crippen LogP) is 7.46. The molecule has 4 aromatic rings. The zero-order chi connectivity index (χ0) is 33.3. The van der Waals surface area contributed by atoms with Crippen molar-refractivity contribution in [1.82, 2.24) is 9.88 Å². The maximum Gasteiger partial charge on any atom is 0.240 e. The second-order valence-corrected chi connectivity index (χ2v) is 12.9. The number of amides is 2. The van der Waals surface area contributed by atoms with E-state index in [-0.39, 0.29) is 17.5 Å². The molecule has 0 radical (unpaired) electrons. The molecular weight excluding hydrogens is 618 g/mol. The van der Waals surface area contributed by atoms with Gasteiger partial charge in [0.25, 0.3) is 0 Å². The van der Waals surface area contributed by atoms with Gasteiger partial charge < -0.3 is 29.7 Å². The Morgan fingerprint density at radius 2 is 1.52 bits per heavy atom. The minimum atomic E-state index is -1.30. The first-order valence-electron chi connectivity index (χ1n) is 16.5. The average molecular weight is 657 g/mol.